The fourth-order valence-corrected chi connectivity index (χ4v) is 4.01. The maximum Gasteiger partial charge on any atom is 0.253 e. The topological polar surface area (TPSA) is 89.4 Å². The van der Waals surface area contributed by atoms with Gasteiger partial charge in [-0.3, -0.25) is 9.59 Å². The monoisotopic (exact) mass is 309 g/mol. The van der Waals surface area contributed by atoms with Crippen molar-refractivity contribution in [2.75, 3.05) is 23.7 Å². The minimum atomic E-state index is -0.550. The largest absolute Gasteiger partial charge is 0.397 e. The highest BCUT2D eigenvalue weighted by Crippen LogP contribution is 2.39. The molecule has 1 fully saturated rings. The number of nitrogens with two attached hydrogens (primary N) is 2. The third kappa shape index (κ3) is 3.20. The van der Waals surface area contributed by atoms with E-state index in [0.29, 0.717) is 22.8 Å². The molecule has 1 unspecified atom stereocenters. The Morgan fingerprint density at radius 1 is 1.33 bits per heavy atom. The summed E-state index contributed by atoms with van der Waals surface area (Å²) in [5, 5.41) is 0.769. The molecule has 2 heterocycles. The number of hydrogen-bond donors (Lipinski definition) is 2. The molecule has 2 rings (SSSR count). The Morgan fingerprint density at radius 2 is 2.05 bits per heavy atom. The summed E-state index contributed by atoms with van der Waals surface area (Å²) in [6.07, 6.45) is 3.71. The summed E-state index contributed by atoms with van der Waals surface area (Å²) in [5.41, 5.74) is 12.1. The van der Waals surface area contributed by atoms with E-state index in [1.54, 1.807) is 6.92 Å². The van der Waals surface area contributed by atoms with Crippen LogP contribution in [0.3, 0.4) is 0 Å². The molecule has 0 aromatic carbocycles. The Balaban J connectivity index is 2.42. The van der Waals surface area contributed by atoms with Crippen molar-refractivity contribution in [3.8, 4) is 0 Å². The van der Waals surface area contributed by atoms with Crippen molar-refractivity contribution >= 4 is 33.7 Å². The summed E-state index contributed by atoms with van der Waals surface area (Å²) in [6.45, 7) is 5.79. The molecule has 5 nitrogen and oxygen atoms in total. The molecule has 21 heavy (non-hydrogen) atoms. The summed E-state index contributed by atoms with van der Waals surface area (Å²) in [6, 6.07) is 0. The normalized spacial score (nSPS) is 19.3. The third-order valence-corrected chi connectivity index (χ3v) is 5.36. The molecule has 4 N–H and O–H groups in total. The highest BCUT2D eigenvalue weighted by atomic mass is 32.1. The van der Waals surface area contributed by atoms with Gasteiger partial charge in [0.2, 0.25) is 0 Å². The van der Waals surface area contributed by atoms with Gasteiger partial charge in [-0.05, 0) is 25.2 Å². The molecular weight excluding hydrogens is 286 g/mol. The van der Waals surface area contributed by atoms with Gasteiger partial charge in [0.05, 0.1) is 16.1 Å². The van der Waals surface area contributed by atoms with Crippen molar-refractivity contribution in [2.24, 2.45) is 11.7 Å². The average Bonchev–Trinajstić information content (AvgIpc) is 2.63. The number of thiophene rings is 1. The maximum atomic E-state index is 12.0. The molecule has 1 aromatic heterocycles. The summed E-state index contributed by atoms with van der Waals surface area (Å²) >= 11 is 1.31. The zero-order valence-corrected chi connectivity index (χ0v) is 13.5. The zero-order chi connectivity index (χ0) is 15.6. The van der Waals surface area contributed by atoms with Gasteiger partial charge in [-0.25, -0.2) is 0 Å². The van der Waals surface area contributed by atoms with E-state index in [1.807, 2.05) is 0 Å². The molecule has 1 amide bonds. The predicted octanol–water partition coefficient (Wildman–Crippen LogP) is 2.65. The van der Waals surface area contributed by atoms with Gasteiger partial charge in [-0.1, -0.05) is 13.8 Å². The second-order valence-electron chi connectivity index (χ2n) is 5.69. The van der Waals surface area contributed by atoms with Crippen LogP contribution >= 0.6 is 11.3 Å². The summed E-state index contributed by atoms with van der Waals surface area (Å²) in [5.74, 6) is 0.0988. The number of rotatable bonds is 4. The van der Waals surface area contributed by atoms with Crippen LogP contribution in [0.5, 0.6) is 0 Å². The number of anilines is 2. The van der Waals surface area contributed by atoms with Crippen LogP contribution in [-0.4, -0.2) is 24.8 Å². The lowest BCUT2D eigenvalue weighted by Crippen LogP contribution is -2.26. The SMILES string of the molecule is CCC(=O)c1sc(N2CCCC(C)CC2)c(C(N)=O)c1N. The average molecular weight is 309 g/mol. The molecule has 1 aromatic rings. The minimum absolute atomic E-state index is 0.0329. The van der Waals surface area contributed by atoms with Crippen molar-refractivity contribution in [2.45, 2.75) is 39.5 Å². The Morgan fingerprint density at radius 3 is 2.67 bits per heavy atom. The second-order valence-corrected chi connectivity index (χ2v) is 6.69. The molecule has 1 aliphatic heterocycles. The number of primary amides is 1. The minimum Gasteiger partial charge on any atom is -0.397 e. The van der Waals surface area contributed by atoms with Gasteiger partial charge in [-0.15, -0.1) is 11.3 Å². The van der Waals surface area contributed by atoms with Crippen molar-refractivity contribution < 1.29 is 9.59 Å². The molecule has 0 saturated carbocycles. The zero-order valence-electron chi connectivity index (χ0n) is 12.6. The van der Waals surface area contributed by atoms with E-state index in [-0.39, 0.29) is 11.5 Å². The van der Waals surface area contributed by atoms with Gasteiger partial charge in [0.15, 0.2) is 5.78 Å². The standard InChI is InChI=1S/C15H23N3O2S/c1-3-10(19)13-12(16)11(14(17)20)15(21-13)18-7-4-5-9(2)6-8-18/h9H,3-8,16H2,1-2H3,(H2,17,20). The van der Waals surface area contributed by atoms with Crippen LogP contribution < -0.4 is 16.4 Å². The Labute approximate surface area is 129 Å². The van der Waals surface area contributed by atoms with Gasteiger partial charge in [0.25, 0.3) is 5.91 Å². The van der Waals surface area contributed by atoms with Crippen molar-refractivity contribution in [3.63, 3.8) is 0 Å². The van der Waals surface area contributed by atoms with Crippen LogP contribution in [0.25, 0.3) is 0 Å². The van der Waals surface area contributed by atoms with E-state index in [9.17, 15) is 9.59 Å². The lowest BCUT2D eigenvalue weighted by atomic mass is 10.0. The van der Waals surface area contributed by atoms with Gasteiger partial charge >= 0.3 is 0 Å². The Hall–Kier alpha value is -1.56. The van der Waals surface area contributed by atoms with Crippen LogP contribution in [-0.2, 0) is 0 Å². The van der Waals surface area contributed by atoms with E-state index in [1.165, 1.54) is 17.8 Å². The first-order valence-electron chi connectivity index (χ1n) is 7.45. The smallest absolute Gasteiger partial charge is 0.253 e. The quantitative estimate of drug-likeness (QED) is 0.837. The molecule has 6 heteroatoms. The highest BCUT2D eigenvalue weighted by molar-refractivity contribution is 7.19. The number of ketones is 1. The number of carbonyl (C=O) groups is 2. The van der Waals surface area contributed by atoms with Crippen LogP contribution in [0.2, 0.25) is 0 Å². The number of carbonyl (C=O) groups excluding carboxylic acids is 2. The number of hydrogen-bond acceptors (Lipinski definition) is 5. The van der Waals surface area contributed by atoms with E-state index < -0.39 is 5.91 Å². The van der Waals surface area contributed by atoms with Gasteiger partial charge in [0.1, 0.15) is 5.00 Å². The Bertz CT molecular complexity index is 553. The van der Waals surface area contributed by atoms with Crippen molar-refractivity contribution in [3.05, 3.63) is 10.4 Å². The van der Waals surface area contributed by atoms with Crippen molar-refractivity contribution in [1.29, 1.82) is 0 Å². The summed E-state index contributed by atoms with van der Waals surface area (Å²) in [4.78, 5) is 26.4. The lowest BCUT2D eigenvalue weighted by Gasteiger charge is -2.21. The first-order chi connectivity index (χ1) is 9.95. The van der Waals surface area contributed by atoms with Gasteiger partial charge in [0, 0.05) is 19.5 Å². The van der Waals surface area contributed by atoms with E-state index >= 15 is 0 Å². The fourth-order valence-electron chi connectivity index (χ4n) is 2.73. The number of nitrogen functional groups attached to an aromatic ring is 1. The van der Waals surface area contributed by atoms with Gasteiger partial charge in [-0.2, -0.15) is 0 Å². The second kappa shape index (κ2) is 6.47. The maximum absolute atomic E-state index is 12.0. The van der Waals surface area contributed by atoms with Crippen LogP contribution in [0.15, 0.2) is 0 Å². The molecule has 1 aliphatic rings. The lowest BCUT2D eigenvalue weighted by molar-refractivity contribution is 0.0991. The predicted molar refractivity (Wildman–Crippen MR) is 87.1 cm³/mol. The van der Waals surface area contributed by atoms with E-state index in [0.717, 1.165) is 30.9 Å². The van der Waals surface area contributed by atoms with Crippen LogP contribution in [0, 0.1) is 5.92 Å². The molecule has 0 radical (unpaired) electrons. The molecule has 0 bridgehead atoms. The van der Waals surface area contributed by atoms with E-state index in [4.69, 9.17) is 11.5 Å². The highest BCUT2D eigenvalue weighted by Gasteiger charge is 2.27. The summed E-state index contributed by atoms with van der Waals surface area (Å²) in [7, 11) is 0. The first kappa shape index (κ1) is 15.8. The molecule has 0 spiro atoms. The van der Waals surface area contributed by atoms with Crippen LogP contribution in [0.1, 0.15) is 59.6 Å². The molecule has 0 aliphatic carbocycles. The fraction of sp³-hybridized carbons (Fsp3) is 0.600. The Kier molecular flexibility index (Phi) is 4.88. The number of nitrogens with zero attached hydrogens (tertiary/aromatic N) is 1. The molecule has 1 atom stereocenters. The van der Waals surface area contributed by atoms with Crippen LogP contribution in [0.4, 0.5) is 10.7 Å². The number of amides is 1. The molecule has 1 saturated heterocycles. The summed E-state index contributed by atoms with van der Waals surface area (Å²) < 4.78 is 0. The number of Topliss-reactive ketones (excluding diaryl/α,β-unsaturated/α-hetero) is 1. The van der Waals surface area contributed by atoms with Gasteiger partial charge < -0.3 is 16.4 Å². The third-order valence-electron chi connectivity index (χ3n) is 4.05. The van der Waals surface area contributed by atoms with E-state index in [2.05, 4.69) is 11.8 Å². The van der Waals surface area contributed by atoms with Crippen molar-refractivity contribution in [1.82, 2.24) is 0 Å². The molecular formula is C15H23N3O2S. The molecule has 116 valence electrons. The first-order valence-corrected chi connectivity index (χ1v) is 8.27.